The van der Waals surface area contributed by atoms with Gasteiger partial charge in [0.2, 0.25) is 18.6 Å². The lowest BCUT2D eigenvalue weighted by Crippen LogP contribution is -2.47. The molecule has 0 aliphatic carbocycles. The summed E-state index contributed by atoms with van der Waals surface area (Å²) in [5, 5.41) is 0. The molecule has 0 saturated carbocycles. The second-order valence-electron chi connectivity index (χ2n) is 8.92. The molecular weight excluding hydrogens is 412 g/mol. The molecule has 1 aliphatic rings. The van der Waals surface area contributed by atoms with Crippen LogP contribution in [-0.2, 0) is 27.4 Å². The van der Waals surface area contributed by atoms with E-state index in [-0.39, 0.29) is 25.2 Å². The molecule has 0 N–H and O–H groups in total. The van der Waals surface area contributed by atoms with E-state index in [4.69, 9.17) is 18.6 Å². The smallest absolute Gasteiger partial charge is 0.242 e. The molecule has 3 rings (SSSR count). The van der Waals surface area contributed by atoms with Crippen LogP contribution in [0, 0.1) is 12.3 Å². The maximum absolute atomic E-state index is 13.4. The third-order valence-corrected chi connectivity index (χ3v) is 5.13. The van der Waals surface area contributed by atoms with E-state index in [1.54, 1.807) is 16.9 Å². The van der Waals surface area contributed by atoms with E-state index in [0.29, 0.717) is 43.5 Å². The number of furan rings is 1. The molecule has 0 saturated heterocycles. The number of nitrogens with zero attached hydrogens (tertiary/aromatic N) is 2. The Balaban J connectivity index is 1.80. The highest BCUT2D eigenvalue weighted by molar-refractivity contribution is 5.87. The number of hydrogen-bond acceptors (Lipinski definition) is 6. The minimum Gasteiger partial charge on any atom is -0.464 e. The number of rotatable bonds is 9. The lowest BCUT2D eigenvalue weighted by molar-refractivity contribution is -0.146. The highest BCUT2D eigenvalue weighted by Crippen LogP contribution is 2.33. The van der Waals surface area contributed by atoms with Crippen LogP contribution in [0.2, 0.25) is 0 Å². The highest BCUT2D eigenvalue weighted by atomic mass is 16.7. The first-order valence-corrected chi connectivity index (χ1v) is 10.7. The van der Waals surface area contributed by atoms with E-state index in [9.17, 15) is 9.59 Å². The van der Waals surface area contributed by atoms with Crippen molar-refractivity contribution in [2.75, 3.05) is 33.6 Å². The van der Waals surface area contributed by atoms with Crippen molar-refractivity contribution in [1.82, 2.24) is 9.80 Å². The van der Waals surface area contributed by atoms with Crippen LogP contribution >= 0.6 is 0 Å². The van der Waals surface area contributed by atoms with Crippen LogP contribution in [0.25, 0.3) is 0 Å². The third-order valence-electron chi connectivity index (χ3n) is 5.13. The van der Waals surface area contributed by atoms with Crippen LogP contribution in [-0.4, -0.2) is 55.2 Å². The van der Waals surface area contributed by atoms with Crippen molar-refractivity contribution in [2.45, 2.75) is 40.8 Å². The van der Waals surface area contributed by atoms with Crippen LogP contribution in [0.15, 0.2) is 34.7 Å². The summed E-state index contributed by atoms with van der Waals surface area (Å²) in [5.74, 6) is 2.54. The molecule has 0 bridgehead atoms. The monoisotopic (exact) mass is 444 g/mol. The topological polar surface area (TPSA) is 81.5 Å². The maximum Gasteiger partial charge on any atom is 0.242 e. The number of methoxy groups -OCH3 is 1. The Morgan fingerprint density at radius 1 is 1.03 bits per heavy atom. The molecule has 1 aliphatic heterocycles. The van der Waals surface area contributed by atoms with Gasteiger partial charge in [0.15, 0.2) is 11.5 Å². The number of benzene rings is 1. The molecule has 1 aromatic carbocycles. The molecular formula is C24H32N2O6. The largest absolute Gasteiger partial charge is 0.464 e. The van der Waals surface area contributed by atoms with Gasteiger partial charge in [0.05, 0.1) is 19.7 Å². The van der Waals surface area contributed by atoms with Crippen molar-refractivity contribution < 1.29 is 28.2 Å². The fourth-order valence-electron chi connectivity index (χ4n) is 3.44. The lowest BCUT2D eigenvalue weighted by atomic mass is 9.94. The van der Waals surface area contributed by atoms with Gasteiger partial charge in [-0.3, -0.25) is 9.59 Å². The first-order valence-electron chi connectivity index (χ1n) is 10.7. The maximum atomic E-state index is 13.4. The Bertz CT molecular complexity index is 946. The Morgan fingerprint density at radius 2 is 1.78 bits per heavy atom. The second-order valence-corrected chi connectivity index (χ2v) is 8.92. The van der Waals surface area contributed by atoms with Crippen molar-refractivity contribution in [3.63, 3.8) is 0 Å². The first kappa shape index (κ1) is 23.7. The van der Waals surface area contributed by atoms with Crippen LogP contribution in [0.5, 0.6) is 11.5 Å². The molecule has 2 aromatic rings. The molecule has 0 unspecified atom stereocenters. The normalized spacial score (nSPS) is 12.7. The van der Waals surface area contributed by atoms with Crippen LogP contribution in [0.1, 0.15) is 37.9 Å². The second kappa shape index (κ2) is 10.1. The summed E-state index contributed by atoms with van der Waals surface area (Å²) in [6.45, 7) is 8.88. The molecule has 0 radical (unpaired) electrons. The number of fused-ring (bicyclic) bond motifs is 1. The van der Waals surface area contributed by atoms with Gasteiger partial charge in [-0.25, -0.2) is 0 Å². The Kier molecular flexibility index (Phi) is 7.45. The molecule has 32 heavy (non-hydrogen) atoms. The average Bonchev–Trinajstić information content (AvgIpc) is 3.37. The van der Waals surface area contributed by atoms with E-state index in [1.807, 2.05) is 58.0 Å². The predicted molar refractivity (Wildman–Crippen MR) is 118 cm³/mol. The van der Waals surface area contributed by atoms with Crippen molar-refractivity contribution in [2.24, 2.45) is 5.41 Å². The summed E-state index contributed by atoms with van der Waals surface area (Å²) in [7, 11) is 1.58. The van der Waals surface area contributed by atoms with Gasteiger partial charge < -0.3 is 28.4 Å². The molecule has 0 spiro atoms. The average molecular weight is 445 g/mol. The Morgan fingerprint density at radius 3 is 2.44 bits per heavy atom. The van der Waals surface area contributed by atoms with E-state index < -0.39 is 5.41 Å². The molecule has 8 nitrogen and oxygen atoms in total. The van der Waals surface area contributed by atoms with Gasteiger partial charge in [0, 0.05) is 25.6 Å². The number of carbonyl (C=O) groups excluding carboxylic acids is 2. The van der Waals surface area contributed by atoms with Crippen LogP contribution in [0.4, 0.5) is 0 Å². The highest BCUT2D eigenvalue weighted by Gasteiger charge is 2.30. The summed E-state index contributed by atoms with van der Waals surface area (Å²) >= 11 is 0. The van der Waals surface area contributed by atoms with Gasteiger partial charge >= 0.3 is 0 Å². The van der Waals surface area contributed by atoms with Crippen molar-refractivity contribution in [3.05, 3.63) is 47.4 Å². The minimum absolute atomic E-state index is 0.0380. The standard InChI is InChI=1S/C24H32N2O6/c1-17-6-8-19(32-17)14-26(13-18-7-9-20-21(12-18)31-16-30-20)22(27)15-25(10-11-29-5)23(28)24(2,3)4/h6-9,12H,10-11,13-16H2,1-5H3. The van der Waals surface area contributed by atoms with Gasteiger partial charge in [0.1, 0.15) is 11.5 Å². The van der Waals surface area contributed by atoms with Gasteiger partial charge in [-0.1, -0.05) is 26.8 Å². The van der Waals surface area contributed by atoms with E-state index in [2.05, 4.69) is 0 Å². The van der Waals surface area contributed by atoms with Gasteiger partial charge in [-0.05, 0) is 36.8 Å². The Labute approximate surface area is 189 Å². The lowest BCUT2D eigenvalue weighted by Gasteiger charge is -2.31. The predicted octanol–water partition coefficient (Wildman–Crippen LogP) is 3.37. The van der Waals surface area contributed by atoms with E-state index >= 15 is 0 Å². The van der Waals surface area contributed by atoms with Crippen molar-refractivity contribution in [3.8, 4) is 11.5 Å². The quantitative estimate of drug-likeness (QED) is 0.590. The summed E-state index contributed by atoms with van der Waals surface area (Å²) in [5.41, 5.74) is 0.297. The van der Waals surface area contributed by atoms with Crippen LogP contribution in [0.3, 0.4) is 0 Å². The van der Waals surface area contributed by atoms with Gasteiger partial charge in [-0.2, -0.15) is 0 Å². The minimum atomic E-state index is -0.603. The zero-order chi connectivity index (χ0) is 23.3. The van der Waals surface area contributed by atoms with Crippen LogP contribution < -0.4 is 9.47 Å². The zero-order valence-corrected chi connectivity index (χ0v) is 19.5. The molecule has 2 amide bonds. The number of carbonyl (C=O) groups is 2. The SMILES string of the molecule is COCCN(CC(=O)N(Cc1ccc2c(c1)OCO2)Cc1ccc(C)o1)C(=O)C(C)(C)C. The van der Waals surface area contributed by atoms with Gasteiger partial charge in [0.25, 0.3) is 0 Å². The fourth-order valence-corrected chi connectivity index (χ4v) is 3.44. The Hall–Kier alpha value is -3.00. The van der Waals surface area contributed by atoms with Crippen molar-refractivity contribution >= 4 is 11.8 Å². The third kappa shape index (κ3) is 6.03. The van der Waals surface area contributed by atoms with E-state index in [0.717, 1.165) is 11.3 Å². The molecule has 0 fully saturated rings. The number of amides is 2. The molecule has 174 valence electrons. The van der Waals surface area contributed by atoms with Crippen molar-refractivity contribution in [1.29, 1.82) is 0 Å². The fraction of sp³-hybridized carbons (Fsp3) is 0.500. The summed E-state index contributed by atoms with van der Waals surface area (Å²) in [6, 6.07) is 9.35. The molecule has 1 aromatic heterocycles. The number of hydrogen-bond donors (Lipinski definition) is 0. The van der Waals surface area contributed by atoms with Gasteiger partial charge in [-0.15, -0.1) is 0 Å². The molecule has 8 heteroatoms. The summed E-state index contributed by atoms with van der Waals surface area (Å²) in [4.78, 5) is 29.6. The molecule has 0 atom stereocenters. The molecule has 2 heterocycles. The number of ether oxygens (including phenoxy) is 3. The van der Waals surface area contributed by atoms with E-state index in [1.165, 1.54) is 0 Å². The zero-order valence-electron chi connectivity index (χ0n) is 19.5. The number of aryl methyl sites for hydroxylation is 1. The first-order chi connectivity index (χ1) is 15.2. The summed E-state index contributed by atoms with van der Waals surface area (Å²) < 4.78 is 21.7. The summed E-state index contributed by atoms with van der Waals surface area (Å²) in [6.07, 6.45) is 0.